The maximum atomic E-state index is 13.0. The molecule has 6 heteroatoms. The quantitative estimate of drug-likeness (QED) is 0.714. The fourth-order valence-corrected chi connectivity index (χ4v) is 3.86. The van der Waals surface area contributed by atoms with E-state index in [0.717, 1.165) is 28.2 Å². The van der Waals surface area contributed by atoms with E-state index < -0.39 is 0 Å². The van der Waals surface area contributed by atoms with Crippen LogP contribution in [0, 0.1) is 13.8 Å². The molecule has 1 aromatic carbocycles. The number of fused-ring (bicyclic) bond motifs is 1. The molecule has 1 unspecified atom stereocenters. The molecular formula is C21H24N4O2. The molecule has 0 radical (unpaired) electrons. The van der Waals surface area contributed by atoms with Crippen molar-refractivity contribution < 1.29 is 9.53 Å². The molecule has 2 aromatic heterocycles. The molecule has 0 spiro atoms. The van der Waals surface area contributed by atoms with Gasteiger partial charge >= 0.3 is 0 Å². The molecule has 1 aliphatic heterocycles. The number of rotatable bonds is 4. The number of carbonyl (C=O) groups is 1. The second-order valence-corrected chi connectivity index (χ2v) is 6.95. The number of aryl methyl sites for hydroxylation is 2. The Balaban J connectivity index is 1.52. The molecule has 0 bridgehead atoms. The third kappa shape index (κ3) is 3.45. The van der Waals surface area contributed by atoms with E-state index in [9.17, 15) is 4.79 Å². The van der Waals surface area contributed by atoms with Crippen molar-refractivity contribution in [1.82, 2.24) is 19.5 Å². The highest BCUT2D eigenvalue weighted by molar-refractivity contribution is 5.77. The van der Waals surface area contributed by atoms with Crippen molar-refractivity contribution in [2.45, 2.75) is 32.7 Å². The van der Waals surface area contributed by atoms with E-state index in [2.05, 4.69) is 22.2 Å². The fourth-order valence-electron chi connectivity index (χ4n) is 3.86. The topological polar surface area (TPSA) is 59.7 Å². The molecule has 1 aliphatic rings. The summed E-state index contributed by atoms with van der Waals surface area (Å²) in [4.78, 5) is 19.6. The molecule has 3 aromatic rings. The maximum absolute atomic E-state index is 13.0. The third-order valence-corrected chi connectivity index (χ3v) is 5.32. The summed E-state index contributed by atoms with van der Waals surface area (Å²) in [5.41, 5.74) is 5.09. The van der Waals surface area contributed by atoms with Crippen LogP contribution in [0.25, 0.3) is 5.65 Å². The highest BCUT2D eigenvalue weighted by Gasteiger charge is 2.28. The Kier molecular flexibility index (Phi) is 4.90. The van der Waals surface area contributed by atoms with Crippen LogP contribution < -0.4 is 0 Å². The SMILES string of the molecule is Cc1nc2ccnn2c(C)c1CCC(=O)N1CCOCC1c1ccccc1. The number of hydrogen-bond donors (Lipinski definition) is 0. The van der Waals surface area contributed by atoms with Gasteiger partial charge in [-0.05, 0) is 31.4 Å². The van der Waals surface area contributed by atoms with Crippen LogP contribution in [0.4, 0.5) is 0 Å². The Morgan fingerprint density at radius 2 is 2.04 bits per heavy atom. The van der Waals surface area contributed by atoms with Gasteiger partial charge in [0.05, 0.1) is 25.5 Å². The van der Waals surface area contributed by atoms with Gasteiger partial charge in [-0.15, -0.1) is 0 Å². The monoisotopic (exact) mass is 364 g/mol. The minimum absolute atomic E-state index is 0.0126. The Morgan fingerprint density at radius 1 is 1.22 bits per heavy atom. The normalized spacial score (nSPS) is 17.4. The van der Waals surface area contributed by atoms with Gasteiger partial charge in [0.2, 0.25) is 5.91 Å². The Morgan fingerprint density at radius 3 is 2.85 bits per heavy atom. The van der Waals surface area contributed by atoms with E-state index in [0.29, 0.717) is 32.6 Å². The summed E-state index contributed by atoms with van der Waals surface area (Å²) < 4.78 is 7.48. The minimum Gasteiger partial charge on any atom is -0.377 e. The van der Waals surface area contributed by atoms with Crippen LogP contribution in [0.15, 0.2) is 42.6 Å². The van der Waals surface area contributed by atoms with E-state index in [4.69, 9.17) is 4.74 Å². The number of aromatic nitrogens is 3. The molecule has 27 heavy (non-hydrogen) atoms. The number of hydrogen-bond acceptors (Lipinski definition) is 4. The van der Waals surface area contributed by atoms with Crippen LogP contribution in [0.2, 0.25) is 0 Å². The number of morpholine rings is 1. The van der Waals surface area contributed by atoms with Crippen LogP contribution >= 0.6 is 0 Å². The first-order chi connectivity index (χ1) is 13.1. The molecule has 140 valence electrons. The average Bonchev–Trinajstić information content (AvgIpc) is 3.17. The first-order valence-corrected chi connectivity index (χ1v) is 9.37. The lowest BCUT2D eigenvalue weighted by Crippen LogP contribution is -2.43. The molecule has 1 amide bonds. The van der Waals surface area contributed by atoms with Gasteiger partial charge in [0, 0.05) is 30.4 Å². The minimum atomic E-state index is -0.0126. The zero-order valence-corrected chi connectivity index (χ0v) is 15.8. The van der Waals surface area contributed by atoms with Gasteiger partial charge in [0.1, 0.15) is 0 Å². The second kappa shape index (κ2) is 7.48. The third-order valence-electron chi connectivity index (χ3n) is 5.32. The Labute approximate surface area is 158 Å². The molecule has 0 N–H and O–H groups in total. The Hall–Kier alpha value is -2.73. The van der Waals surface area contributed by atoms with Crippen LogP contribution in [0.3, 0.4) is 0 Å². The number of ether oxygens (including phenoxy) is 1. The first-order valence-electron chi connectivity index (χ1n) is 9.37. The summed E-state index contributed by atoms with van der Waals surface area (Å²) in [6.45, 7) is 5.81. The van der Waals surface area contributed by atoms with Gasteiger partial charge in [0.15, 0.2) is 5.65 Å². The predicted octanol–water partition coefficient (Wildman–Crippen LogP) is 2.88. The van der Waals surface area contributed by atoms with Gasteiger partial charge < -0.3 is 9.64 Å². The van der Waals surface area contributed by atoms with Gasteiger partial charge in [-0.25, -0.2) is 9.50 Å². The van der Waals surface area contributed by atoms with Crippen LogP contribution in [-0.4, -0.2) is 45.2 Å². The van der Waals surface area contributed by atoms with Gasteiger partial charge in [-0.1, -0.05) is 30.3 Å². The Bertz CT molecular complexity index is 951. The summed E-state index contributed by atoms with van der Waals surface area (Å²) in [5, 5.41) is 4.33. The molecule has 6 nitrogen and oxygen atoms in total. The van der Waals surface area contributed by atoms with E-state index in [-0.39, 0.29) is 11.9 Å². The lowest BCUT2D eigenvalue weighted by Gasteiger charge is -2.36. The molecular weight excluding hydrogens is 340 g/mol. The lowest BCUT2D eigenvalue weighted by atomic mass is 10.0. The van der Waals surface area contributed by atoms with E-state index >= 15 is 0 Å². The summed E-state index contributed by atoms with van der Waals surface area (Å²) in [6.07, 6.45) is 2.87. The van der Waals surface area contributed by atoms with Crippen LogP contribution in [0.1, 0.15) is 35.0 Å². The molecule has 3 heterocycles. The van der Waals surface area contributed by atoms with Crippen molar-refractivity contribution in [1.29, 1.82) is 0 Å². The molecule has 1 fully saturated rings. The van der Waals surface area contributed by atoms with Gasteiger partial charge in [-0.3, -0.25) is 4.79 Å². The van der Waals surface area contributed by atoms with E-state index in [1.807, 2.05) is 47.5 Å². The molecule has 1 atom stereocenters. The zero-order valence-electron chi connectivity index (χ0n) is 15.8. The van der Waals surface area contributed by atoms with Crippen molar-refractivity contribution in [3.63, 3.8) is 0 Å². The predicted molar refractivity (Wildman–Crippen MR) is 102 cm³/mol. The first kappa shape index (κ1) is 17.7. The highest BCUT2D eigenvalue weighted by Crippen LogP contribution is 2.25. The number of benzene rings is 1. The van der Waals surface area contributed by atoms with Gasteiger partial charge in [0.25, 0.3) is 0 Å². The summed E-state index contributed by atoms with van der Waals surface area (Å²) >= 11 is 0. The van der Waals surface area contributed by atoms with Crippen LogP contribution in [-0.2, 0) is 16.0 Å². The van der Waals surface area contributed by atoms with Crippen molar-refractivity contribution >= 4 is 11.6 Å². The molecule has 1 saturated heterocycles. The summed E-state index contributed by atoms with van der Waals surface area (Å²) in [7, 11) is 0. The standard InChI is InChI=1S/C21H24N4O2/c1-15-18(16(2)25-20(23-15)10-11-22-25)8-9-21(26)24-12-13-27-14-19(24)17-6-4-3-5-7-17/h3-7,10-11,19H,8-9,12-14H2,1-2H3. The molecule has 4 rings (SSSR count). The lowest BCUT2D eigenvalue weighted by molar-refractivity contribution is -0.140. The van der Waals surface area contributed by atoms with Crippen molar-refractivity contribution in [3.05, 3.63) is 65.1 Å². The van der Waals surface area contributed by atoms with Crippen molar-refractivity contribution in [2.24, 2.45) is 0 Å². The van der Waals surface area contributed by atoms with Crippen molar-refractivity contribution in [2.75, 3.05) is 19.8 Å². The average molecular weight is 364 g/mol. The fraction of sp³-hybridized carbons (Fsp3) is 0.381. The second-order valence-electron chi connectivity index (χ2n) is 6.95. The smallest absolute Gasteiger partial charge is 0.223 e. The summed E-state index contributed by atoms with van der Waals surface area (Å²) in [6, 6.07) is 12.0. The number of carbonyl (C=O) groups excluding carboxylic acids is 1. The van der Waals surface area contributed by atoms with Gasteiger partial charge in [-0.2, -0.15) is 5.10 Å². The van der Waals surface area contributed by atoms with Crippen molar-refractivity contribution in [3.8, 4) is 0 Å². The largest absolute Gasteiger partial charge is 0.377 e. The zero-order chi connectivity index (χ0) is 18.8. The number of nitrogens with zero attached hydrogens (tertiary/aromatic N) is 4. The highest BCUT2D eigenvalue weighted by atomic mass is 16.5. The molecule has 0 aliphatic carbocycles. The number of amides is 1. The summed E-state index contributed by atoms with van der Waals surface area (Å²) in [5.74, 6) is 0.159. The van der Waals surface area contributed by atoms with Crippen LogP contribution in [0.5, 0.6) is 0 Å². The van der Waals surface area contributed by atoms with E-state index in [1.54, 1.807) is 6.20 Å². The van der Waals surface area contributed by atoms with E-state index in [1.165, 1.54) is 0 Å². The maximum Gasteiger partial charge on any atom is 0.223 e. The molecule has 0 saturated carbocycles.